The van der Waals surface area contributed by atoms with Crippen molar-refractivity contribution < 1.29 is 23.4 Å². The fourth-order valence-electron chi connectivity index (χ4n) is 5.31. The van der Waals surface area contributed by atoms with Crippen LogP contribution in [0.4, 0.5) is 0 Å². The number of piperidine rings is 1. The van der Waals surface area contributed by atoms with Crippen LogP contribution >= 0.6 is 0 Å². The van der Waals surface area contributed by atoms with E-state index in [2.05, 4.69) is 17.9 Å². The van der Waals surface area contributed by atoms with E-state index in [1.54, 1.807) is 13.4 Å². The third kappa shape index (κ3) is 4.68. The third-order valence-electron chi connectivity index (χ3n) is 7.41. The van der Waals surface area contributed by atoms with E-state index in [9.17, 15) is 4.79 Å². The molecule has 1 atom stereocenters. The SMILES string of the molecule is COc1ccc(-c2c(C(=O)c3ccc(OC(C)N4CCCCC4)cc3)oc3cc4c(cc23)CC=CO4)cc1. The number of allylic oxidation sites excluding steroid dienone is 1. The lowest BCUT2D eigenvalue weighted by Crippen LogP contribution is -2.40. The van der Waals surface area contributed by atoms with Gasteiger partial charge in [0.25, 0.3) is 0 Å². The lowest BCUT2D eigenvalue weighted by Gasteiger charge is -2.32. The summed E-state index contributed by atoms with van der Waals surface area (Å²) in [6, 6.07) is 19.0. The summed E-state index contributed by atoms with van der Waals surface area (Å²) in [4.78, 5) is 16.2. The summed E-state index contributed by atoms with van der Waals surface area (Å²) in [5.41, 5.74) is 3.86. The van der Waals surface area contributed by atoms with Gasteiger partial charge in [0.15, 0.2) is 5.76 Å². The molecule has 0 spiro atoms. The zero-order chi connectivity index (χ0) is 26.1. The molecule has 2 aliphatic heterocycles. The number of hydrogen-bond acceptors (Lipinski definition) is 6. The number of rotatable bonds is 7. The second kappa shape index (κ2) is 10.4. The van der Waals surface area contributed by atoms with Crippen LogP contribution < -0.4 is 14.2 Å². The van der Waals surface area contributed by atoms with Gasteiger partial charge in [-0.25, -0.2) is 0 Å². The van der Waals surface area contributed by atoms with E-state index in [-0.39, 0.29) is 12.0 Å². The maximum absolute atomic E-state index is 13.8. The molecule has 0 radical (unpaired) electrons. The monoisotopic (exact) mass is 509 g/mol. The number of hydrogen-bond donors (Lipinski definition) is 0. The Morgan fingerprint density at radius 1 is 0.947 bits per heavy atom. The number of ketones is 1. The van der Waals surface area contributed by atoms with Crippen molar-refractivity contribution in [3.8, 4) is 28.4 Å². The number of furan rings is 1. The Bertz CT molecular complexity index is 1480. The predicted octanol–water partition coefficient (Wildman–Crippen LogP) is 7.00. The van der Waals surface area contributed by atoms with Gasteiger partial charge >= 0.3 is 0 Å². The first-order chi connectivity index (χ1) is 18.6. The van der Waals surface area contributed by atoms with E-state index in [0.717, 1.165) is 58.8 Å². The van der Waals surface area contributed by atoms with E-state index < -0.39 is 0 Å². The summed E-state index contributed by atoms with van der Waals surface area (Å²) >= 11 is 0. The van der Waals surface area contributed by atoms with E-state index in [0.29, 0.717) is 16.9 Å². The van der Waals surface area contributed by atoms with Crippen LogP contribution in [0.15, 0.2) is 77.4 Å². The molecule has 1 saturated heterocycles. The Morgan fingerprint density at radius 3 is 2.42 bits per heavy atom. The van der Waals surface area contributed by atoms with Gasteiger partial charge in [0.2, 0.25) is 5.78 Å². The maximum Gasteiger partial charge on any atom is 0.228 e. The fraction of sp³-hybridized carbons (Fsp3) is 0.281. The topological polar surface area (TPSA) is 61.1 Å². The van der Waals surface area contributed by atoms with Gasteiger partial charge in [-0.15, -0.1) is 0 Å². The molecule has 0 amide bonds. The third-order valence-corrected chi connectivity index (χ3v) is 7.41. The van der Waals surface area contributed by atoms with Crippen molar-refractivity contribution in [3.05, 3.63) is 89.9 Å². The standard InChI is InChI=1S/C32H31NO5/c1-21(33-16-4-3-5-17-33)37-26-14-10-23(11-15-26)31(34)32-30(22-8-12-25(35-2)13-9-22)27-19-24-7-6-18-36-28(24)20-29(27)38-32/h6,8-15,18-21H,3-5,7,16-17H2,1-2H3. The Kier molecular flexibility index (Phi) is 6.64. The number of likely N-dealkylation sites (tertiary alicyclic amines) is 1. The lowest BCUT2D eigenvalue weighted by atomic mass is 9.96. The number of fused-ring (bicyclic) bond motifs is 2. The van der Waals surface area contributed by atoms with Gasteiger partial charge in [0.05, 0.1) is 13.4 Å². The molecule has 1 fully saturated rings. The molecule has 0 N–H and O–H groups in total. The first-order valence-electron chi connectivity index (χ1n) is 13.2. The first kappa shape index (κ1) is 24.3. The number of benzene rings is 3. The van der Waals surface area contributed by atoms with Crippen molar-refractivity contribution >= 4 is 16.8 Å². The average Bonchev–Trinajstić information content (AvgIpc) is 3.34. The van der Waals surface area contributed by atoms with Gasteiger partial charge in [-0.3, -0.25) is 9.69 Å². The molecule has 4 aromatic rings. The van der Waals surface area contributed by atoms with E-state index in [1.807, 2.05) is 60.7 Å². The maximum atomic E-state index is 13.8. The highest BCUT2D eigenvalue weighted by atomic mass is 16.5. The Morgan fingerprint density at radius 2 is 1.68 bits per heavy atom. The average molecular weight is 510 g/mol. The molecule has 6 rings (SSSR count). The van der Waals surface area contributed by atoms with Crippen molar-refractivity contribution in [2.24, 2.45) is 0 Å². The molecule has 3 aromatic carbocycles. The number of ether oxygens (including phenoxy) is 3. The second-order valence-electron chi connectivity index (χ2n) is 9.85. The second-order valence-corrected chi connectivity index (χ2v) is 9.85. The van der Waals surface area contributed by atoms with Crippen LogP contribution in [0.1, 0.15) is 47.9 Å². The summed E-state index contributed by atoms with van der Waals surface area (Å²) in [5, 5.41) is 0.881. The molecule has 194 valence electrons. The summed E-state index contributed by atoms with van der Waals surface area (Å²) in [5.74, 6) is 2.37. The summed E-state index contributed by atoms with van der Waals surface area (Å²) in [6.07, 6.45) is 8.12. The van der Waals surface area contributed by atoms with Gasteiger partial charge in [0, 0.05) is 35.7 Å². The minimum atomic E-state index is -0.181. The minimum absolute atomic E-state index is 0.00311. The Labute approximate surface area is 222 Å². The smallest absolute Gasteiger partial charge is 0.228 e. The molecule has 2 aliphatic rings. The van der Waals surface area contributed by atoms with Gasteiger partial charge in [-0.1, -0.05) is 18.6 Å². The van der Waals surface area contributed by atoms with Crippen LogP contribution in [0.2, 0.25) is 0 Å². The van der Waals surface area contributed by atoms with Gasteiger partial charge in [-0.05, 0) is 85.9 Å². The normalized spacial score (nSPS) is 16.1. The van der Waals surface area contributed by atoms with Crippen LogP contribution in [-0.4, -0.2) is 37.1 Å². The lowest BCUT2D eigenvalue weighted by molar-refractivity contribution is 0.0262. The highest BCUT2D eigenvalue weighted by Crippen LogP contribution is 2.40. The number of methoxy groups -OCH3 is 1. The highest BCUT2D eigenvalue weighted by molar-refractivity contribution is 6.16. The Balaban J connectivity index is 1.34. The van der Waals surface area contributed by atoms with Crippen molar-refractivity contribution in [1.82, 2.24) is 4.90 Å². The molecule has 0 aliphatic carbocycles. The zero-order valence-electron chi connectivity index (χ0n) is 21.7. The quantitative estimate of drug-likeness (QED) is 0.250. The van der Waals surface area contributed by atoms with Crippen LogP contribution in [-0.2, 0) is 6.42 Å². The molecule has 0 bridgehead atoms. The van der Waals surface area contributed by atoms with Crippen LogP contribution in [0.25, 0.3) is 22.1 Å². The number of carbonyl (C=O) groups excluding carboxylic acids is 1. The van der Waals surface area contributed by atoms with E-state index in [4.69, 9.17) is 18.6 Å². The van der Waals surface area contributed by atoms with Gasteiger partial charge in [-0.2, -0.15) is 0 Å². The van der Waals surface area contributed by atoms with Crippen molar-refractivity contribution in [1.29, 1.82) is 0 Å². The highest BCUT2D eigenvalue weighted by Gasteiger charge is 2.25. The van der Waals surface area contributed by atoms with Crippen LogP contribution in [0.3, 0.4) is 0 Å². The summed E-state index contributed by atoms with van der Waals surface area (Å²) in [7, 11) is 1.64. The first-order valence-corrected chi connectivity index (χ1v) is 13.2. The van der Waals surface area contributed by atoms with Crippen LogP contribution in [0.5, 0.6) is 17.2 Å². The van der Waals surface area contributed by atoms with E-state index in [1.165, 1.54) is 19.3 Å². The summed E-state index contributed by atoms with van der Waals surface area (Å²) in [6.45, 7) is 4.20. The molecule has 1 unspecified atom stereocenters. The molecular weight excluding hydrogens is 478 g/mol. The van der Waals surface area contributed by atoms with E-state index >= 15 is 0 Å². The molecule has 38 heavy (non-hydrogen) atoms. The van der Waals surface area contributed by atoms with Crippen molar-refractivity contribution in [2.45, 2.75) is 38.8 Å². The largest absolute Gasteiger partial charge is 0.497 e. The molecule has 6 nitrogen and oxygen atoms in total. The number of nitrogens with zero attached hydrogens (tertiary/aromatic N) is 1. The zero-order valence-corrected chi connectivity index (χ0v) is 21.7. The fourth-order valence-corrected chi connectivity index (χ4v) is 5.31. The molecule has 3 heterocycles. The number of carbonyl (C=O) groups is 1. The molecule has 0 saturated carbocycles. The predicted molar refractivity (Wildman–Crippen MR) is 147 cm³/mol. The molecule has 6 heteroatoms. The van der Waals surface area contributed by atoms with Gasteiger partial charge < -0.3 is 18.6 Å². The van der Waals surface area contributed by atoms with Crippen molar-refractivity contribution in [2.75, 3.05) is 20.2 Å². The molecule has 1 aromatic heterocycles. The molecular formula is C32H31NO5. The van der Waals surface area contributed by atoms with Crippen LogP contribution in [0, 0.1) is 0 Å². The summed E-state index contributed by atoms with van der Waals surface area (Å²) < 4.78 is 23.5. The Hall–Kier alpha value is -4.03. The van der Waals surface area contributed by atoms with Gasteiger partial charge in [0.1, 0.15) is 29.1 Å². The van der Waals surface area contributed by atoms with Crippen molar-refractivity contribution in [3.63, 3.8) is 0 Å². The minimum Gasteiger partial charge on any atom is -0.497 e.